The number of nitriles is 1. The van der Waals surface area contributed by atoms with Gasteiger partial charge in [-0.25, -0.2) is 4.79 Å². The summed E-state index contributed by atoms with van der Waals surface area (Å²) in [5.41, 5.74) is 1.41. The number of nitrogens with zero attached hydrogens (tertiary/aromatic N) is 3. The molecule has 108 valence electrons. The van der Waals surface area contributed by atoms with Gasteiger partial charge in [-0.05, 0) is 37.6 Å². The van der Waals surface area contributed by atoms with Gasteiger partial charge in [-0.3, -0.25) is 0 Å². The minimum Gasteiger partial charge on any atom is -0.465 e. The molecular formula is C15H15N3O3. The SMILES string of the molecule is C=C1Oc2ccc(C#N)cc2N1C1CCN(C(=O)O)CC1. The van der Waals surface area contributed by atoms with Crippen molar-refractivity contribution in [1.82, 2.24) is 4.90 Å². The van der Waals surface area contributed by atoms with Crippen molar-refractivity contribution in [2.24, 2.45) is 0 Å². The van der Waals surface area contributed by atoms with E-state index in [1.165, 1.54) is 4.90 Å². The number of rotatable bonds is 1. The second-order valence-corrected chi connectivity index (χ2v) is 5.16. The number of benzene rings is 1. The topological polar surface area (TPSA) is 76.8 Å². The summed E-state index contributed by atoms with van der Waals surface area (Å²) in [5, 5.41) is 18.0. The summed E-state index contributed by atoms with van der Waals surface area (Å²) in [6, 6.07) is 7.53. The Bertz CT molecular complexity index is 642. The van der Waals surface area contributed by atoms with E-state index >= 15 is 0 Å². The van der Waals surface area contributed by atoms with Crippen LogP contribution in [-0.2, 0) is 0 Å². The van der Waals surface area contributed by atoms with Crippen molar-refractivity contribution in [3.8, 4) is 11.8 Å². The third-order valence-corrected chi connectivity index (χ3v) is 3.94. The van der Waals surface area contributed by atoms with E-state index in [2.05, 4.69) is 12.6 Å². The van der Waals surface area contributed by atoms with Gasteiger partial charge in [-0.2, -0.15) is 5.26 Å². The summed E-state index contributed by atoms with van der Waals surface area (Å²) in [6.07, 6.45) is 0.549. The van der Waals surface area contributed by atoms with Crippen molar-refractivity contribution < 1.29 is 14.6 Å². The minimum absolute atomic E-state index is 0.142. The highest BCUT2D eigenvalue weighted by Gasteiger charge is 2.34. The van der Waals surface area contributed by atoms with Gasteiger partial charge in [-0.15, -0.1) is 0 Å². The maximum absolute atomic E-state index is 11.0. The molecule has 1 aromatic rings. The van der Waals surface area contributed by atoms with Crippen molar-refractivity contribution in [3.05, 3.63) is 36.2 Å². The van der Waals surface area contributed by atoms with E-state index in [0.717, 1.165) is 5.69 Å². The first kappa shape index (κ1) is 13.3. The van der Waals surface area contributed by atoms with Gasteiger partial charge in [0.15, 0.2) is 11.6 Å². The van der Waals surface area contributed by atoms with Gasteiger partial charge in [0.2, 0.25) is 0 Å². The predicted molar refractivity (Wildman–Crippen MR) is 76.0 cm³/mol. The number of likely N-dealkylation sites (tertiary alicyclic amines) is 1. The molecule has 0 unspecified atom stereocenters. The van der Waals surface area contributed by atoms with E-state index in [9.17, 15) is 4.79 Å². The molecule has 1 aromatic carbocycles. The van der Waals surface area contributed by atoms with Crippen LogP contribution in [0, 0.1) is 11.3 Å². The van der Waals surface area contributed by atoms with Crippen molar-refractivity contribution in [2.75, 3.05) is 18.0 Å². The van der Waals surface area contributed by atoms with E-state index in [0.29, 0.717) is 43.1 Å². The number of carbonyl (C=O) groups is 1. The van der Waals surface area contributed by atoms with Crippen molar-refractivity contribution in [1.29, 1.82) is 5.26 Å². The smallest absolute Gasteiger partial charge is 0.407 e. The highest BCUT2D eigenvalue weighted by molar-refractivity contribution is 5.69. The molecule has 6 nitrogen and oxygen atoms in total. The van der Waals surface area contributed by atoms with Crippen LogP contribution >= 0.6 is 0 Å². The lowest BCUT2D eigenvalue weighted by Gasteiger charge is -2.35. The van der Waals surface area contributed by atoms with Gasteiger partial charge in [0.25, 0.3) is 0 Å². The van der Waals surface area contributed by atoms with Crippen LogP contribution in [0.25, 0.3) is 0 Å². The number of hydrogen-bond donors (Lipinski definition) is 1. The van der Waals surface area contributed by atoms with Gasteiger partial charge >= 0.3 is 6.09 Å². The molecule has 1 N–H and O–H groups in total. The van der Waals surface area contributed by atoms with E-state index in [1.807, 2.05) is 4.90 Å². The van der Waals surface area contributed by atoms with Crippen LogP contribution in [0.2, 0.25) is 0 Å². The fourth-order valence-corrected chi connectivity index (χ4v) is 2.89. The van der Waals surface area contributed by atoms with Crippen LogP contribution in [0.5, 0.6) is 5.75 Å². The quantitative estimate of drug-likeness (QED) is 0.857. The van der Waals surface area contributed by atoms with E-state index in [-0.39, 0.29) is 6.04 Å². The van der Waals surface area contributed by atoms with Crippen LogP contribution in [0.3, 0.4) is 0 Å². The lowest BCUT2D eigenvalue weighted by molar-refractivity contribution is 0.132. The van der Waals surface area contributed by atoms with E-state index < -0.39 is 6.09 Å². The van der Waals surface area contributed by atoms with Crippen LogP contribution in [0.15, 0.2) is 30.7 Å². The summed E-state index contributed by atoms with van der Waals surface area (Å²) in [7, 11) is 0. The van der Waals surface area contributed by atoms with Crippen LogP contribution in [-0.4, -0.2) is 35.2 Å². The van der Waals surface area contributed by atoms with E-state index in [1.54, 1.807) is 18.2 Å². The number of fused-ring (bicyclic) bond motifs is 1. The molecule has 1 amide bonds. The minimum atomic E-state index is -0.878. The average Bonchev–Trinajstić information content (AvgIpc) is 2.82. The maximum Gasteiger partial charge on any atom is 0.407 e. The number of carboxylic acid groups (broad SMARTS) is 1. The van der Waals surface area contributed by atoms with Gasteiger partial charge in [-0.1, -0.05) is 0 Å². The Labute approximate surface area is 122 Å². The molecule has 21 heavy (non-hydrogen) atoms. The Morgan fingerprint density at radius 2 is 2.14 bits per heavy atom. The van der Waals surface area contributed by atoms with E-state index in [4.69, 9.17) is 15.1 Å². The number of piperidine rings is 1. The van der Waals surface area contributed by atoms with Crippen LogP contribution in [0.1, 0.15) is 18.4 Å². The number of ether oxygens (including phenoxy) is 1. The van der Waals surface area contributed by atoms with Crippen molar-refractivity contribution in [3.63, 3.8) is 0 Å². The first-order chi connectivity index (χ1) is 10.1. The Balaban J connectivity index is 1.83. The van der Waals surface area contributed by atoms with Crippen LogP contribution in [0.4, 0.5) is 10.5 Å². The molecule has 0 aromatic heterocycles. The van der Waals surface area contributed by atoms with Gasteiger partial charge < -0.3 is 19.6 Å². The van der Waals surface area contributed by atoms with Crippen molar-refractivity contribution >= 4 is 11.8 Å². The summed E-state index contributed by atoms with van der Waals surface area (Å²) >= 11 is 0. The number of anilines is 1. The molecule has 0 aliphatic carbocycles. The summed E-state index contributed by atoms with van der Waals surface area (Å²) in [6.45, 7) is 4.92. The molecule has 1 saturated heterocycles. The van der Waals surface area contributed by atoms with Crippen molar-refractivity contribution in [2.45, 2.75) is 18.9 Å². The molecule has 6 heteroatoms. The zero-order valence-corrected chi connectivity index (χ0v) is 11.5. The maximum atomic E-state index is 11.0. The highest BCUT2D eigenvalue weighted by Crippen LogP contribution is 2.41. The third-order valence-electron chi connectivity index (χ3n) is 3.94. The molecule has 2 aliphatic heterocycles. The number of amides is 1. The lowest BCUT2D eigenvalue weighted by atomic mass is 10.0. The Hall–Kier alpha value is -2.68. The second-order valence-electron chi connectivity index (χ2n) is 5.16. The molecular weight excluding hydrogens is 270 g/mol. The first-order valence-electron chi connectivity index (χ1n) is 6.78. The fourth-order valence-electron chi connectivity index (χ4n) is 2.89. The molecule has 2 aliphatic rings. The van der Waals surface area contributed by atoms with Gasteiger partial charge in [0, 0.05) is 19.1 Å². The first-order valence-corrected chi connectivity index (χ1v) is 6.78. The monoisotopic (exact) mass is 285 g/mol. The largest absolute Gasteiger partial charge is 0.465 e. The van der Waals surface area contributed by atoms with Gasteiger partial charge in [0.05, 0.1) is 17.3 Å². The van der Waals surface area contributed by atoms with Crippen LogP contribution < -0.4 is 9.64 Å². The fraction of sp³-hybridized carbons (Fsp3) is 0.333. The molecule has 0 saturated carbocycles. The molecule has 3 rings (SSSR count). The Morgan fingerprint density at radius 3 is 2.76 bits per heavy atom. The number of hydrogen-bond acceptors (Lipinski definition) is 4. The Kier molecular flexibility index (Phi) is 3.18. The second kappa shape index (κ2) is 5.02. The molecule has 0 bridgehead atoms. The Morgan fingerprint density at radius 1 is 1.43 bits per heavy atom. The zero-order chi connectivity index (χ0) is 15.0. The predicted octanol–water partition coefficient (Wildman–Crippen LogP) is 2.37. The molecule has 2 heterocycles. The summed E-state index contributed by atoms with van der Waals surface area (Å²) < 4.78 is 5.64. The summed E-state index contributed by atoms with van der Waals surface area (Å²) in [4.78, 5) is 14.4. The van der Waals surface area contributed by atoms with Gasteiger partial charge in [0.1, 0.15) is 0 Å². The lowest BCUT2D eigenvalue weighted by Crippen LogP contribution is -2.45. The normalized spacial score (nSPS) is 18.1. The molecule has 0 atom stereocenters. The highest BCUT2D eigenvalue weighted by atomic mass is 16.5. The third kappa shape index (κ3) is 2.27. The molecule has 1 fully saturated rings. The molecule has 0 radical (unpaired) electrons. The molecule has 0 spiro atoms. The summed E-state index contributed by atoms with van der Waals surface area (Å²) in [5.74, 6) is 1.23. The standard InChI is InChI=1S/C15H15N3O3/c1-10-18(12-4-6-17(7-5-12)15(19)20)13-8-11(9-16)2-3-14(13)21-10/h2-3,8,12H,1,4-7H2,(H,19,20). The average molecular weight is 285 g/mol. The zero-order valence-electron chi connectivity index (χ0n) is 11.5.